The van der Waals surface area contributed by atoms with Crippen LogP contribution in [0.15, 0.2) is 30.3 Å². The fourth-order valence-corrected chi connectivity index (χ4v) is 3.36. The van der Waals surface area contributed by atoms with E-state index < -0.39 is 11.4 Å². The van der Waals surface area contributed by atoms with Gasteiger partial charge in [0.05, 0.1) is 18.2 Å². The summed E-state index contributed by atoms with van der Waals surface area (Å²) in [6.45, 7) is 8.09. The van der Waals surface area contributed by atoms with E-state index in [1.807, 2.05) is 32.9 Å². The molecule has 176 valence electrons. The first-order chi connectivity index (χ1) is 15.7. The molecule has 1 aliphatic rings. The molecule has 33 heavy (non-hydrogen) atoms. The van der Waals surface area contributed by atoms with Crippen LogP contribution in [0.25, 0.3) is 0 Å². The first kappa shape index (κ1) is 24.3. The van der Waals surface area contributed by atoms with Crippen LogP contribution in [-0.2, 0) is 22.7 Å². The summed E-state index contributed by atoms with van der Waals surface area (Å²) in [5.74, 6) is 0.544. The Bertz CT molecular complexity index is 1020. The lowest BCUT2D eigenvalue weighted by atomic mass is 10.1. The van der Waals surface area contributed by atoms with Gasteiger partial charge in [0.15, 0.2) is 0 Å². The van der Waals surface area contributed by atoms with Gasteiger partial charge >= 0.3 is 6.09 Å². The molecule has 0 unspecified atom stereocenters. The zero-order chi connectivity index (χ0) is 24.0. The largest absolute Gasteiger partial charge is 0.473 e. The van der Waals surface area contributed by atoms with Crippen LogP contribution in [0.3, 0.4) is 0 Å². The Hall–Kier alpha value is -3.38. The molecule has 0 radical (unpaired) electrons. The molecule has 0 atom stereocenters. The van der Waals surface area contributed by atoms with Crippen molar-refractivity contribution in [1.82, 2.24) is 9.88 Å². The molecule has 1 amide bonds. The maximum absolute atomic E-state index is 14.2. The number of benzene rings is 1. The zero-order valence-electron chi connectivity index (χ0n) is 19.4. The van der Waals surface area contributed by atoms with Gasteiger partial charge in [-0.05, 0) is 44.5 Å². The summed E-state index contributed by atoms with van der Waals surface area (Å²) in [6, 6.07) is 9.85. The van der Waals surface area contributed by atoms with Gasteiger partial charge in [-0.1, -0.05) is 6.07 Å². The number of halogens is 1. The van der Waals surface area contributed by atoms with Crippen LogP contribution in [-0.4, -0.2) is 54.9 Å². The molecule has 1 saturated heterocycles. The minimum Gasteiger partial charge on any atom is -0.473 e. The highest BCUT2D eigenvalue weighted by atomic mass is 19.1. The Labute approximate surface area is 193 Å². The molecular formula is C24H29FN4O4. The predicted octanol–water partition coefficient (Wildman–Crippen LogP) is 3.87. The van der Waals surface area contributed by atoms with Crippen molar-refractivity contribution in [2.45, 2.75) is 39.6 Å². The Kier molecular flexibility index (Phi) is 7.71. The van der Waals surface area contributed by atoms with Crippen LogP contribution >= 0.6 is 0 Å². The number of ether oxygens (including phenoxy) is 3. The van der Waals surface area contributed by atoms with E-state index >= 15 is 0 Å². The van der Waals surface area contributed by atoms with Gasteiger partial charge in [0, 0.05) is 44.9 Å². The van der Waals surface area contributed by atoms with E-state index in [0.29, 0.717) is 50.0 Å². The summed E-state index contributed by atoms with van der Waals surface area (Å²) in [5.41, 5.74) is 0.919. The Morgan fingerprint density at radius 1 is 1.15 bits per heavy atom. The molecule has 1 fully saturated rings. The fourth-order valence-electron chi connectivity index (χ4n) is 3.36. The summed E-state index contributed by atoms with van der Waals surface area (Å²) in [7, 11) is 1.60. The predicted molar refractivity (Wildman–Crippen MR) is 120 cm³/mol. The summed E-state index contributed by atoms with van der Waals surface area (Å²) in [6.07, 6.45) is -0.322. The molecular weight excluding hydrogens is 427 g/mol. The van der Waals surface area contributed by atoms with Crippen molar-refractivity contribution < 1.29 is 23.4 Å². The van der Waals surface area contributed by atoms with Gasteiger partial charge in [-0.15, -0.1) is 0 Å². The zero-order valence-corrected chi connectivity index (χ0v) is 19.4. The second-order valence-corrected chi connectivity index (χ2v) is 8.77. The minimum atomic E-state index is -0.537. The van der Waals surface area contributed by atoms with Crippen molar-refractivity contribution in [1.29, 1.82) is 5.26 Å². The van der Waals surface area contributed by atoms with Crippen LogP contribution in [0.4, 0.5) is 15.0 Å². The molecule has 0 N–H and O–H groups in total. The quantitative estimate of drug-likeness (QED) is 0.652. The molecule has 8 nitrogen and oxygen atoms in total. The SMILES string of the molecule is COCc1cc(OCc2ccc(C#N)cc2F)nc(N2CCN(C(=O)OC(C)(C)C)CC2)c1. The number of aromatic nitrogens is 1. The highest BCUT2D eigenvalue weighted by molar-refractivity contribution is 5.68. The third-order valence-electron chi connectivity index (χ3n) is 4.97. The third kappa shape index (κ3) is 6.80. The van der Waals surface area contributed by atoms with E-state index in [1.165, 1.54) is 12.1 Å². The number of amides is 1. The van der Waals surface area contributed by atoms with Crippen molar-refractivity contribution in [3.63, 3.8) is 0 Å². The number of methoxy groups -OCH3 is 1. The lowest BCUT2D eigenvalue weighted by Gasteiger charge is -2.36. The first-order valence-electron chi connectivity index (χ1n) is 10.7. The Balaban J connectivity index is 1.69. The number of nitrogens with zero attached hydrogens (tertiary/aromatic N) is 4. The lowest BCUT2D eigenvalue weighted by molar-refractivity contribution is 0.0240. The molecule has 0 aliphatic carbocycles. The van der Waals surface area contributed by atoms with Crippen molar-refractivity contribution in [3.05, 3.63) is 52.8 Å². The normalized spacial score (nSPS) is 14.1. The molecule has 1 aromatic heterocycles. The van der Waals surface area contributed by atoms with E-state index in [2.05, 4.69) is 9.88 Å². The van der Waals surface area contributed by atoms with Crippen LogP contribution in [0.5, 0.6) is 5.88 Å². The number of carbonyl (C=O) groups excluding carboxylic acids is 1. The highest BCUT2D eigenvalue weighted by Gasteiger charge is 2.26. The number of hydrogen-bond acceptors (Lipinski definition) is 7. The second kappa shape index (κ2) is 10.5. The van der Waals surface area contributed by atoms with E-state index in [4.69, 9.17) is 19.5 Å². The maximum Gasteiger partial charge on any atom is 0.410 e. The standard InChI is InChI=1S/C24H29FN4O4/c1-24(2,3)33-23(30)29-9-7-28(8-10-29)21-12-18(15-31-4)13-22(27-21)32-16-19-6-5-17(14-26)11-20(19)25/h5-6,11-13H,7-10,15-16H2,1-4H3. The molecule has 3 rings (SSSR count). The smallest absolute Gasteiger partial charge is 0.410 e. The summed E-state index contributed by atoms with van der Waals surface area (Å²) in [4.78, 5) is 20.7. The van der Waals surface area contributed by atoms with E-state index in [9.17, 15) is 9.18 Å². The highest BCUT2D eigenvalue weighted by Crippen LogP contribution is 2.23. The number of piperazine rings is 1. The van der Waals surface area contributed by atoms with E-state index in [0.717, 1.165) is 5.56 Å². The van der Waals surface area contributed by atoms with Crippen LogP contribution in [0, 0.1) is 17.1 Å². The third-order valence-corrected chi connectivity index (χ3v) is 4.97. The molecule has 2 heterocycles. The molecule has 2 aromatic rings. The van der Waals surface area contributed by atoms with Gasteiger partial charge in [0.2, 0.25) is 5.88 Å². The van der Waals surface area contributed by atoms with Crippen molar-refractivity contribution in [2.75, 3.05) is 38.2 Å². The Morgan fingerprint density at radius 3 is 2.48 bits per heavy atom. The summed E-state index contributed by atoms with van der Waals surface area (Å²) in [5, 5.41) is 8.89. The van der Waals surface area contributed by atoms with Gasteiger partial charge in [-0.2, -0.15) is 10.2 Å². The van der Waals surface area contributed by atoms with Gasteiger partial charge in [0.25, 0.3) is 0 Å². The van der Waals surface area contributed by atoms with Crippen LogP contribution in [0.1, 0.15) is 37.5 Å². The molecule has 0 spiro atoms. The van der Waals surface area contributed by atoms with Gasteiger partial charge < -0.3 is 24.0 Å². The van der Waals surface area contributed by atoms with Gasteiger partial charge in [0.1, 0.15) is 23.8 Å². The molecule has 1 aliphatic heterocycles. The van der Waals surface area contributed by atoms with Crippen molar-refractivity contribution in [3.8, 4) is 11.9 Å². The van der Waals surface area contributed by atoms with Gasteiger partial charge in [-0.25, -0.2) is 9.18 Å². The number of pyridine rings is 1. The topological polar surface area (TPSA) is 87.9 Å². The number of hydrogen-bond donors (Lipinski definition) is 0. The van der Waals surface area contributed by atoms with E-state index in [-0.39, 0.29) is 18.3 Å². The number of anilines is 1. The number of nitriles is 1. The lowest BCUT2D eigenvalue weighted by Crippen LogP contribution is -2.50. The fraction of sp³-hybridized carbons (Fsp3) is 0.458. The second-order valence-electron chi connectivity index (χ2n) is 8.77. The average molecular weight is 457 g/mol. The molecule has 0 saturated carbocycles. The monoisotopic (exact) mass is 456 g/mol. The molecule has 9 heteroatoms. The van der Waals surface area contributed by atoms with Crippen molar-refractivity contribution in [2.24, 2.45) is 0 Å². The van der Waals surface area contributed by atoms with Gasteiger partial charge in [-0.3, -0.25) is 0 Å². The van der Waals surface area contributed by atoms with E-state index in [1.54, 1.807) is 24.1 Å². The maximum atomic E-state index is 14.2. The first-order valence-corrected chi connectivity index (χ1v) is 10.7. The summed E-state index contributed by atoms with van der Waals surface area (Å²) >= 11 is 0. The molecule has 0 bridgehead atoms. The Morgan fingerprint density at radius 2 is 1.88 bits per heavy atom. The van der Waals surface area contributed by atoms with Crippen LogP contribution in [0.2, 0.25) is 0 Å². The average Bonchev–Trinajstić information content (AvgIpc) is 2.77. The number of rotatable bonds is 6. The molecule has 1 aromatic carbocycles. The van der Waals surface area contributed by atoms with Crippen molar-refractivity contribution >= 4 is 11.9 Å². The van der Waals surface area contributed by atoms with Crippen LogP contribution < -0.4 is 9.64 Å². The number of carbonyl (C=O) groups is 1. The summed E-state index contributed by atoms with van der Waals surface area (Å²) < 4.78 is 30.7. The minimum absolute atomic E-state index is 0.0210.